The minimum absolute atomic E-state index is 0.0494. The van der Waals surface area contributed by atoms with Crippen LogP contribution in [0.1, 0.15) is 63.6 Å². The fourth-order valence-corrected chi connectivity index (χ4v) is 2.90. The zero-order chi connectivity index (χ0) is 21.1. The van der Waals surface area contributed by atoms with E-state index in [2.05, 4.69) is 28.8 Å². The Morgan fingerprint density at radius 3 is 2.38 bits per heavy atom. The molecule has 0 unspecified atom stereocenters. The predicted molar refractivity (Wildman–Crippen MR) is 123 cm³/mol. The van der Waals surface area contributed by atoms with E-state index in [0.29, 0.717) is 17.9 Å². The third-order valence-electron chi connectivity index (χ3n) is 4.59. The standard InChI is InChI=1S/C23H32N6/c1-3-5-11-21(24)29-22(12-6-4-2)28-16-18-14-13-17(15-27-18)19-9-7-8-10-20(19)23(25)26/h7-10,13-15H,3-6,11-12,16H2,1-2H3,(H3,25,26)(H2,24,28,29). The lowest BCUT2D eigenvalue weighted by atomic mass is 10.0. The maximum Gasteiger partial charge on any atom is 0.125 e. The van der Waals surface area contributed by atoms with Gasteiger partial charge in [-0.3, -0.25) is 15.4 Å². The number of hydrogen-bond acceptors (Lipinski definition) is 3. The lowest BCUT2D eigenvalue weighted by Crippen LogP contribution is -2.14. The second kappa shape index (κ2) is 11.7. The van der Waals surface area contributed by atoms with Crippen molar-refractivity contribution in [2.75, 3.05) is 0 Å². The molecule has 29 heavy (non-hydrogen) atoms. The highest BCUT2D eigenvalue weighted by atomic mass is 15.0. The van der Waals surface area contributed by atoms with Gasteiger partial charge in [-0.25, -0.2) is 4.99 Å². The van der Waals surface area contributed by atoms with E-state index >= 15 is 0 Å². The highest BCUT2D eigenvalue weighted by Gasteiger charge is 2.07. The van der Waals surface area contributed by atoms with Gasteiger partial charge >= 0.3 is 0 Å². The first-order valence-corrected chi connectivity index (χ1v) is 10.3. The van der Waals surface area contributed by atoms with Gasteiger partial charge in [-0.2, -0.15) is 0 Å². The molecule has 0 aliphatic carbocycles. The van der Waals surface area contributed by atoms with Crippen LogP contribution in [0.2, 0.25) is 0 Å². The highest BCUT2D eigenvalue weighted by molar-refractivity contribution is 6.01. The van der Waals surface area contributed by atoms with Crippen molar-refractivity contribution in [3.05, 3.63) is 53.9 Å². The van der Waals surface area contributed by atoms with Gasteiger partial charge in [0.05, 0.1) is 12.2 Å². The van der Waals surface area contributed by atoms with Crippen LogP contribution in [0.3, 0.4) is 0 Å². The molecule has 0 atom stereocenters. The summed E-state index contributed by atoms with van der Waals surface area (Å²) in [6, 6.07) is 11.5. The van der Waals surface area contributed by atoms with E-state index in [1.807, 2.05) is 36.4 Å². The lowest BCUT2D eigenvalue weighted by molar-refractivity contribution is 0.817. The van der Waals surface area contributed by atoms with Gasteiger partial charge in [0.25, 0.3) is 0 Å². The van der Waals surface area contributed by atoms with Crippen molar-refractivity contribution in [1.29, 1.82) is 5.41 Å². The molecule has 0 spiro atoms. The van der Waals surface area contributed by atoms with E-state index in [9.17, 15) is 0 Å². The first-order chi connectivity index (χ1) is 14.0. The fraction of sp³-hybridized carbons (Fsp3) is 0.391. The largest absolute Gasteiger partial charge is 0.387 e. The molecule has 154 valence electrons. The predicted octanol–water partition coefficient (Wildman–Crippen LogP) is 4.67. The van der Waals surface area contributed by atoms with Gasteiger partial charge in [0.15, 0.2) is 0 Å². The molecule has 0 amide bonds. The lowest BCUT2D eigenvalue weighted by Gasteiger charge is -2.08. The molecule has 1 aromatic carbocycles. The van der Waals surface area contributed by atoms with Crippen LogP contribution >= 0.6 is 0 Å². The Morgan fingerprint density at radius 1 is 1.00 bits per heavy atom. The third-order valence-corrected chi connectivity index (χ3v) is 4.59. The topological polar surface area (TPSA) is 114 Å². The van der Waals surface area contributed by atoms with Crippen molar-refractivity contribution in [2.24, 2.45) is 21.5 Å². The van der Waals surface area contributed by atoms with Crippen LogP contribution in [-0.4, -0.2) is 22.5 Å². The summed E-state index contributed by atoms with van der Waals surface area (Å²) in [6.07, 6.45) is 7.71. The van der Waals surface area contributed by atoms with Crippen molar-refractivity contribution < 1.29 is 0 Å². The molecule has 0 bridgehead atoms. The summed E-state index contributed by atoms with van der Waals surface area (Å²) in [7, 11) is 0. The Hall–Kier alpha value is -3.02. The SMILES string of the molecule is CCCCC(N)=NC(CCCC)=NCc1ccc(-c2ccccc2C(=N)N)cn1. The quantitative estimate of drug-likeness (QED) is 0.403. The van der Waals surface area contributed by atoms with Gasteiger partial charge in [0.1, 0.15) is 17.5 Å². The second-order valence-electron chi connectivity index (χ2n) is 7.04. The number of nitrogen functional groups attached to an aromatic ring is 1. The van der Waals surface area contributed by atoms with Crippen molar-refractivity contribution >= 4 is 17.5 Å². The Morgan fingerprint density at radius 2 is 1.72 bits per heavy atom. The number of unbranched alkanes of at least 4 members (excludes halogenated alkanes) is 2. The first kappa shape index (κ1) is 22.3. The van der Waals surface area contributed by atoms with E-state index in [1.165, 1.54) is 0 Å². The Balaban J connectivity index is 2.15. The number of aliphatic imine (C=N–C) groups is 2. The number of rotatable bonds is 10. The minimum Gasteiger partial charge on any atom is -0.387 e. The van der Waals surface area contributed by atoms with Gasteiger partial charge in [-0.1, -0.05) is 57.0 Å². The maximum absolute atomic E-state index is 7.75. The summed E-state index contributed by atoms with van der Waals surface area (Å²) >= 11 is 0. The van der Waals surface area contributed by atoms with Crippen molar-refractivity contribution in [1.82, 2.24) is 4.98 Å². The van der Waals surface area contributed by atoms with Crippen LogP contribution < -0.4 is 11.5 Å². The van der Waals surface area contributed by atoms with Gasteiger partial charge in [0, 0.05) is 30.2 Å². The van der Waals surface area contributed by atoms with Gasteiger partial charge in [-0.15, -0.1) is 0 Å². The number of hydrogen-bond donors (Lipinski definition) is 3. The Labute approximate surface area is 173 Å². The van der Waals surface area contributed by atoms with Gasteiger partial charge < -0.3 is 11.5 Å². The summed E-state index contributed by atoms with van der Waals surface area (Å²) in [5.41, 5.74) is 15.1. The smallest absolute Gasteiger partial charge is 0.125 e. The molecule has 6 nitrogen and oxygen atoms in total. The average Bonchev–Trinajstić information content (AvgIpc) is 2.74. The van der Waals surface area contributed by atoms with Crippen molar-refractivity contribution in [2.45, 2.75) is 58.9 Å². The number of pyridine rings is 1. The van der Waals surface area contributed by atoms with Crippen LogP contribution in [0.25, 0.3) is 11.1 Å². The van der Waals surface area contributed by atoms with Gasteiger partial charge in [0.2, 0.25) is 0 Å². The van der Waals surface area contributed by atoms with Crippen LogP contribution in [0.5, 0.6) is 0 Å². The van der Waals surface area contributed by atoms with Crippen LogP contribution in [-0.2, 0) is 6.54 Å². The fourth-order valence-electron chi connectivity index (χ4n) is 2.90. The molecule has 1 heterocycles. The number of nitrogens with two attached hydrogens (primary N) is 2. The van der Waals surface area contributed by atoms with E-state index in [-0.39, 0.29) is 5.84 Å². The number of aromatic nitrogens is 1. The van der Waals surface area contributed by atoms with Crippen LogP contribution in [0.15, 0.2) is 52.6 Å². The van der Waals surface area contributed by atoms with Gasteiger partial charge in [-0.05, 0) is 24.5 Å². The highest BCUT2D eigenvalue weighted by Crippen LogP contribution is 2.23. The molecular weight excluding hydrogens is 360 g/mol. The van der Waals surface area contributed by atoms with Crippen molar-refractivity contribution in [3.63, 3.8) is 0 Å². The number of nitrogens with zero attached hydrogens (tertiary/aromatic N) is 3. The molecule has 0 radical (unpaired) electrons. The van der Waals surface area contributed by atoms with E-state index in [0.717, 1.165) is 61.2 Å². The zero-order valence-electron chi connectivity index (χ0n) is 17.5. The van der Waals surface area contributed by atoms with Crippen molar-refractivity contribution in [3.8, 4) is 11.1 Å². The molecule has 6 heteroatoms. The van der Waals surface area contributed by atoms with E-state index < -0.39 is 0 Å². The first-order valence-electron chi connectivity index (χ1n) is 10.3. The van der Waals surface area contributed by atoms with E-state index in [1.54, 1.807) is 6.20 Å². The molecule has 5 N–H and O–H groups in total. The second-order valence-corrected chi connectivity index (χ2v) is 7.04. The number of nitrogens with one attached hydrogen (secondary N) is 1. The molecule has 0 aliphatic heterocycles. The monoisotopic (exact) mass is 392 g/mol. The molecule has 2 rings (SSSR count). The number of benzene rings is 1. The molecule has 2 aromatic rings. The summed E-state index contributed by atoms with van der Waals surface area (Å²) in [5.74, 6) is 1.51. The molecule has 0 aliphatic rings. The van der Waals surface area contributed by atoms with Crippen LogP contribution in [0.4, 0.5) is 0 Å². The summed E-state index contributed by atoms with van der Waals surface area (Å²) in [6.45, 7) is 4.77. The zero-order valence-corrected chi connectivity index (χ0v) is 17.5. The molecule has 0 saturated heterocycles. The minimum atomic E-state index is 0.0494. The number of amidine groups is 3. The molecular formula is C23H32N6. The molecule has 1 aromatic heterocycles. The third kappa shape index (κ3) is 7.14. The van der Waals surface area contributed by atoms with E-state index in [4.69, 9.17) is 16.9 Å². The molecule has 0 fully saturated rings. The maximum atomic E-state index is 7.75. The summed E-state index contributed by atoms with van der Waals surface area (Å²) < 4.78 is 0. The Bertz CT molecular complexity index is 852. The summed E-state index contributed by atoms with van der Waals surface area (Å²) in [5, 5.41) is 7.75. The average molecular weight is 393 g/mol. The summed E-state index contributed by atoms with van der Waals surface area (Å²) in [4.78, 5) is 13.7. The Kier molecular flexibility index (Phi) is 9.02. The molecule has 0 saturated carbocycles. The normalized spacial score (nSPS) is 12.2. The van der Waals surface area contributed by atoms with Crippen LogP contribution in [0, 0.1) is 5.41 Å².